The number of hydrogen-bond donors (Lipinski definition) is 2. The summed E-state index contributed by atoms with van der Waals surface area (Å²) in [5.74, 6) is -1.63. The van der Waals surface area contributed by atoms with Crippen LogP contribution in [0.2, 0.25) is 0 Å². The molecule has 0 unspecified atom stereocenters. The van der Waals surface area contributed by atoms with Gasteiger partial charge in [-0.25, -0.2) is 13.8 Å². The number of rotatable bonds is 4. The first kappa shape index (κ1) is 21.1. The number of nitrogens with one attached hydrogen (secondary N) is 1. The summed E-state index contributed by atoms with van der Waals surface area (Å²) in [7, 11) is 0. The summed E-state index contributed by atoms with van der Waals surface area (Å²) < 4.78 is 29.2. The van der Waals surface area contributed by atoms with Crippen molar-refractivity contribution in [1.29, 1.82) is 0 Å². The van der Waals surface area contributed by atoms with Gasteiger partial charge >= 0.3 is 0 Å². The zero-order valence-corrected chi connectivity index (χ0v) is 17.7. The number of tetrazole rings is 1. The van der Waals surface area contributed by atoms with E-state index in [-0.39, 0.29) is 29.3 Å². The summed E-state index contributed by atoms with van der Waals surface area (Å²) in [6, 6.07) is 5.46. The first-order valence-electron chi connectivity index (χ1n) is 10.7. The number of anilines is 1. The third kappa shape index (κ3) is 3.95. The highest BCUT2D eigenvalue weighted by atomic mass is 19.2. The van der Waals surface area contributed by atoms with E-state index in [2.05, 4.69) is 25.8 Å². The molecule has 2 aliphatic rings. The number of halogens is 2. The van der Waals surface area contributed by atoms with Crippen LogP contribution in [-0.2, 0) is 4.79 Å². The number of nitrogen functional groups attached to an aromatic ring is 1. The molecule has 1 fully saturated rings. The minimum absolute atomic E-state index is 0.0909. The molecule has 0 spiro atoms. The molecule has 0 saturated carbocycles. The van der Waals surface area contributed by atoms with Crippen molar-refractivity contribution < 1.29 is 13.6 Å². The molecule has 4 heterocycles. The summed E-state index contributed by atoms with van der Waals surface area (Å²) >= 11 is 0. The molecular weight excluding hydrogens is 430 g/mol. The Bertz CT molecular complexity index is 1230. The van der Waals surface area contributed by atoms with Gasteiger partial charge in [0.1, 0.15) is 11.5 Å². The lowest BCUT2D eigenvalue weighted by molar-refractivity contribution is -0.132. The average molecular weight is 452 g/mol. The number of carbonyl (C=O) groups excluding carboxylic acids is 1. The molecule has 9 nitrogen and oxygen atoms in total. The van der Waals surface area contributed by atoms with Crippen molar-refractivity contribution in [1.82, 2.24) is 35.4 Å². The molecule has 1 saturated heterocycles. The minimum atomic E-state index is -1.06. The molecule has 0 radical (unpaired) electrons. The van der Waals surface area contributed by atoms with E-state index in [0.29, 0.717) is 25.1 Å². The van der Waals surface area contributed by atoms with E-state index in [1.54, 1.807) is 12.3 Å². The van der Waals surface area contributed by atoms with Gasteiger partial charge < -0.3 is 16.0 Å². The number of aromatic nitrogens is 5. The molecule has 0 bridgehead atoms. The van der Waals surface area contributed by atoms with Gasteiger partial charge in [0.25, 0.3) is 0 Å². The first-order chi connectivity index (χ1) is 16.0. The molecule has 2 aromatic heterocycles. The zero-order valence-electron chi connectivity index (χ0n) is 17.7. The van der Waals surface area contributed by atoms with Gasteiger partial charge in [0.15, 0.2) is 17.5 Å². The fraction of sp³-hybridized carbons (Fsp3) is 0.318. The van der Waals surface area contributed by atoms with E-state index in [1.807, 2.05) is 11.0 Å². The average Bonchev–Trinajstić information content (AvgIpc) is 3.53. The lowest BCUT2D eigenvalue weighted by Gasteiger charge is -2.29. The summed E-state index contributed by atoms with van der Waals surface area (Å²) in [4.78, 5) is 18.8. The van der Waals surface area contributed by atoms with E-state index in [4.69, 9.17) is 5.73 Å². The van der Waals surface area contributed by atoms with Crippen LogP contribution in [0.4, 0.5) is 14.6 Å². The number of amides is 1. The topological polar surface area (TPSA) is 115 Å². The SMILES string of the molecule is Nc1ncc(C2=CCN(C(=O)[C@H]3CCCN3)CC2)cc1-c1nnnn1-c1cccc(F)c1F. The predicted molar refractivity (Wildman–Crippen MR) is 117 cm³/mol. The first-order valence-corrected chi connectivity index (χ1v) is 10.7. The van der Waals surface area contributed by atoms with Crippen LogP contribution in [0.25, 0.3) is 22.6 Å². The molecule has 170 valence electrons. The lowest BCUT2D eigenvalue weighted by Crippen LogP contribution is -2.45. The summed E-state index contributed by atoms with van der Waals surface area (Å²) in [6.07, 6.45) is 6.20. The van der Waals surface area contributed by atoms with Gasteiger partial charge in [0, 0.05) is 19.3 Å². The van der Waals surface area contributed by atoms with Gasteiger partial charge in [-0.3, -0.25) is 4.79 Å². The Morgan fingerprint density at radius 2 is 2.15 bits per heavy atom. The monoisotopic (exact) mass is 452 g/mol. The maximum Gasteiger partial charge on any atom is 0.239 e. The molecule has 11 heteroatoms. The smallest absolute Gasteiger partial charge is 0.239 e. The number of benzene rings is 1. The van der Waals surface area contributed by atoms with E-state index in [0.717, 1.165) is 41.3 Å². The number of pyridine rings is 1. The fourth-order valence-corrected chi connectivity index (χ4v) is 4.25. The molecule has 33 heavy (non-hydrogen) atoms. The van der Waals surface area contributed by atoms with E-state index in [9.17, 15) is 13.6 Å². The molecule has 3 aromatic rings. The minimum Gasteiger partial charge on any atom is -0.383 e. The number of carbonyl (C=O) groups is 1. The van der Waals surface area contributed by atoms with Gasteiger partial charge in [0.05, 0.1) is 11.6 Å². The third-order valence-electron chi connectivity index (χ3n) is 6.04. The second-order valence-corrected chi connectivity index (χ2v) is 8.06. The molecule has 5 rings (SSSR count). The molecular formula is C22H22F2N8O. The van der Waals surface area contributed by atoms with Crippen molar-refractivity contribution in [2.45, 2.75) is 25.3 Å². The van der Waals surface area contributed by atoms with Crippen LogP contribution in [0.1, 0.15) is 24.8 Å². The second kappa shape index (κ2) is 8.66. The molecule has 1 amide bonds. The van der Waals surface area contributed by atoms with Crippen molar-refractivity contribution in [3.8, 4) is 17.1 Å². The van der Waals surface area contributed by atoms with Crippen molar-refractivity contribution in [3.05, 3.63) is 53.7 Å². The molecule has 3 N–H and O–H groups in total. The van der Waals surface area contributed by atoms with Gasteiger partial charge in [-0.1, -0.05) is 12.1 Å². The predicted octanol–water partition coefficient (Wildman–Crippen LogP) is 1.95. The van der Waals surface area contributed by atoms with Crippen molar-refractivity contribution in [3.63, 3.8) is 0 Å². The van der Waals surface area contributed by atoms with Gasteiger partial charge in [-0.05, 0) is 65.6 Å². The quantitative estimate of drug-likeness (QED) is 0.622. The van der Waals surface area contributed by atoms with E-state index in [1.165, 1.54) is 12.1 Å². The van der Waals surface area contributed by atoms with E-state index < -0.39 is 11.6 Å². The molecule has 2 aliphatic heterocycles. The van der Waals surface area contributed by atoms with Crippen molar-refractivity contribution >= 4 is 17.3 Å². The zero-order chi connectivity index (χ0) is 22.9. The highest BCUT2D eigenvalue weighted by Gasteiger charge is 2.28. The lowest BCUT2D eigenvalue weighted by atomic mass is 9.98. The van der Waals surface area contributed by atoms with Crippen molar-refractivity contribution in [2.24, 2.45) is 0 Å². The Kier molecular flexibility index (Phi) is 5.55. The van der Waals surface area contributed by atoms with Gasteiger partial charge in [-0.15, -0.1) is 5.10 Å². The number of hydrogen-bond acceptors (Lipinski definition) is 7. The standard InChI is InChI=1S/C22H22F2N8O/c23-16-3-1-5-18(19(16)24)32-21(28-29-30-32)15-11-14(12-27-20(15)25)13-6-9-31(10-7-13)22(33)17-4-2-8-26-17/h1,3,5-6,11-12,17,26H,2,4,7-10H2,(H2,25,27)/t17-/m1/s1. The van der Waals surface area contributed by atoms with Crippen LogP contribution in [-0.4, -0.2) is 61.7 Å². The largest absolute Gasteiger partial charge is 0.383 e. The summed E-state index contributed by atoms with van der Waals surface area (Å²) in [6.45, 7) is 2.00. The highest BCUT2D eigenvalue weighted by Crippen LogP contribution is 2.30. The van der Waals surface area contributed by atoms with Crippen molar-refractivity contribution in [2.75, 3.05) is 25.4 Å². The highest BCUT2D eigenvalue weighted by molar-refractivity contribution is 5.84. The van der Waals surface area contributed by atoms with E-state index >= 15 is 0 Å². The van der Waals surface area contributed by atoms with Gasteiger partial charge in [-0.2, -0.15) is 4.68 Å². The van der Waals surface area contributed by atoms with Crippen LogP contribution < -0.4 is 11.1 Å². The Hall–Kier alpha value is -3.73. The Morgan fingerprint density at radius 1 is 1.27 bits per heavy atom. The summed E-state index contributed by atoms with van der Waals surface area (Å²) in [5, 5.41) is 14.7. The Labute approximate surface area is 188 Å². The molecule has 1 aromatic carbocycles. The second-order valence-electron chi connectivity index (χ2n) is 8.06. The third-order valence-corrected chi connectivity index (χ3v) is 6.04. The normalized spacial score (nSPS) is 18.4. The Balaban J connectivity index is 1.43. The molecule has 0 aliphatic carbocycles. The summed E-state index contributed by atoms with van der Waals surface area (Å²) in [5.41, 5.74) is 8.18. The maximum absolute atomic E-state index is 14.4. The van der Waals surface area contributed by atoms with Crippen LogP contribution in [0.15, 0.2) is 36.5 Å². The van der Waals surface area contributed by atoms with Crippen LogP contribution in [0.5, 0.6) is 0 Å². The molecule has 1 atom stereocenters. The Morgan fingerprint density at radius 3 is 2.91 bits per heavy atom. The van der Waals surface area contributed by atoms with Crippen LogP contribution in [0, 0.1) is 11.6 Å². The fourth-order valence-electron chi connectivity index (χ4n) is 4.25. The maximum atomic E-state index is 14.4. The van der Waals surface area contributed by atoms with Crippen LogP contribution in [0.3, 0.4) is 0 Å². The van der Waals surface area contributed by atoms with Gasteiger partial charge in [0.2, 0.25) is 5.91 Å². The van der Waals surface area contributed by atoms with Crippen LogP contribution >= 0.6 is 0 Å². The number of nitrogens with zero attached hydrogens (tertiary/aromatic N) is 6. The number of nitrogens with two attached hydrogens (primary N) is 1.